The van der Waals surface area contributed by atoms with Crippen LogP contribution in [-0.4, -0.2) is 31.7 Å². The molecule has 0 aliphatic carbocycles. The molecule has 1 fully saturated rings. The Morgan fingerprint density at radius 2 is 1.81 bits per heavy atom. The fraction of sp³-hybridized carbons (Fsp3) is 0.450. The second-order valence-electron chi connectivity index (χ2n) is 7.42. The number of carbonyl (C=O) groups excluding carboxylic acids is 1. The highest BCUT2D eigenvalue weighted by molar-refractivity contribution is 7.89. The second-order valence-corrected chi connectivity index (χ2v) is 10.4. The maximum Gasteiger partial charge on any atom is 0.243 e. The fourth-order valence-corrected chi connectivity index (χ4v) is 5.96. The average molecular weight is 407 g/mol. The molecular formula is C20H26N2O3S2. The molecule has 2 unspecified atom stereocenters. The van der Waals surface area contributed by atoms with Crippen LogP contribution >= 0.6 is 11.3 Å². The summed E-state index contributed by atoms with van der Waals surface area (Å²) in [5.41, 5.74) is 0.616. The highest BCUT2D eigenvalue weighted by Crippen LogP contribution is 2.27. The van der Waals surface area contributed by atoms with Gasteiger partial charge in [0.1, 0.15) is 0 Å². The number of nitrogens with one attached hydrogen (secondary N) is 1. The number of amides is 1. The Bertz CT molecular complexity index is 851. The topological polar surface area (TPSA) is 66.5 Å². The third kappa shape index (κ3) is 5.18. The lowest BCUT2D eigenvalue weighted by atomic mass is 9.94. The molecule has 2 aromatic rings. The smallest absolute Gasteiger partial charge is 0.243 e. The molecule has 5 nitrogen and oxygen atoms in total. The van der Waals surface area contributed by atoms with E-state index in [4.69, 9.17) is 0 Å². The van der Waals surface area contributed by atoms with Gasteiger partial charge in [-0.2, -0.15) is 4.31 Å². The fourth-order valence-electron chi connectivity index (χ4n) is 3.58. The summed E-state index contributed by atoms with van der Waals surface area (Å²) in [4.78, 5) is 13.5. The SMILES string of the molecule is CC1CC(C)CN(S(=O)(=O)c2ccc(NC(=O)CCc3cccs3)cc2)C1. The van der Waals surface area contributed by atoms with Gasteiger partial charge in [0, 0.05) is 30.1 Å². The van der Waals surface area contributed by atoms with Crippen LogP contribution in [0.15, 0.2) is 46.7 Å². The van der Waals surface area contributed by atoms with Crippen LogP contribution in [0.4, 0.5) is 5.69 Å². The lowest BCUT2D eigenvalue weighted by Gasteiger charge is -2.34. The van der Waals surface area contributed by atoms with Crippen molar-refractivity contribution in [1.82, 2.24) is 4.31 Å². The number of carbonyl (C=O) groups is 1. The Kier molecular flexibility index (Phi) is 6.34. The molecule has 2 atom stereocenters. The summed E-state index contributed by atoms with van der Waals surface area (Å²) in [5, 5.41) is 4.83. The van der Waals surface area contributed by atoms with Crippen LogP contribution in [0.1, 0.15) is 31.6 Å². The molecule has 3 rings (SSSR count). The van der Waals surface area contributed by atoms with Crippen molar-refractivity contribution in [2.24, 2.45) is 11.8 Å². The van der Waals surface area contributed by atoms with Crippen LogP contribution in [0.5, 0.6) is 0 Å². The Morgan fingerprint density at radius 3 is 2.41 bits per heavy atom. The van der Waals surface area contributed by atoms with Crippen molar-refractivity contribution in [2.45, 2.75) is 38.0 Å². The highest BCUT2D eigenvalue weighted by Gasteiger charge is 2.31. The van der Waals surface area contributed by atoms with E-state index in [1.165, 1.54) is 4.88 Å². The van der Waals surface area contributed by atoms with Gasteiger partial charge < -0.3 is 5.32 Å². The molecule has 0 saturated carbocycles. The first-order valence-corrected chi connectivity index (χ1v) is 11.6. The predicted octanol–water partition coefficient (Wildman–Crippen LogP) is 3.99. The van der Waals surface area contributed by atoms with Crippen molar-refractivity contribution in [2.75, 3.05) is 18.4 Å². The van der Waals surface area contributed by atoms with Crippen LogP contribution < -0.4 is 5.32 Å². The first-order chi connectivity index (χ1) is 12.8. The third-order valence-corrected chi connectivity index (χ3v) is 7.57. The first-order valence-electron chi connectivity index (χ1n) is 9.27. The molecule has 0 radical (unpaired) electrons. The maximum absolute atomic E-state index is 12.9. The lowest BCUT2D eigenvalue weighted by molar-refractivity contribution is -0.116. The lowest BCUT2D eigenvalue weighted by Crippen LogP contribution is -2.42. The molecule has 7 heteroatoms. The molecule has 1 aliphatic rings. The molecule has 1 N–H and O–H groups in total. The van der Waals surface area contributed by atoms with E-state index in [9.17, 15) is 13.2 Å². The standard InChI is InChI=1S/C20H26N2O3S2/c1-15-12-16(2)14-22(13-15)27(24,25)19-8-5-17(6-9-19)21-20(23)10-7-18-4-3-11-26-18/h3-6,8-9,11,15-16H,7,10,12-14H2,1-2H3,(H,21,23). The van der Waals surface area contributed by atoms with Gasteiger partial charge in [-0.15, -0.1) is 11.3 Å². The number of aryl methyl sites for hydroxylation is 1. The molecule has 146 valence electrons. The molecule has 1 aromatic heterocycles. The van der Waals surface area contributed by atoms with Crippen LogP contribution in [0.25, 0.3) is 0 Å². The summed E-state index contributed by atoms with van der Waals surface area (Å²) in [6.45, 7) is 5.31. The maximum atomic E-state index is 12.9. The van der Waals surface area contributed by atoms with E-state index >= 15 is 0 Å². The summed E-state index contributed by atoms with van der Waals surface area (Å²) in [6.07, 6.45) is 2.17. The van der Waals surface area contributed by atoms with E-state index < -0.39 is 10.0 Å². The number of anilines is 1. The quantitative estimate of drug-likeness (QED) is 0.789. The minimum Gasteiger partial charge on any atom is -0.326 e. The summed E-state index contributed by atoms with van der Waals surface area (Å²) in [7, 11) is -3.49. The van der Waals surface area contributed by atoms with Gasteiger partial charge in [-0.25, -0.2) is 8.42 Å². The van der Waals surface area contributed by atoms with Gasteiger partial charge >= 0.3 is 0 Å². The first kappa shape index (κ1) is 20.0. The number of piperidine rings is 1. The van der Waals surface area contributed by atoms with E-state index in [0.29, 0.717) is 43.5 Å². The summed E-state index contributed by atoms with van der Waals surface area (Å²) in [6, 6.07) is 10.5. The van der Waals surface area contributed by atoms with Crippen molar-refractivity contribution in [3.63, 3.8) is 0 Å². The summed E-state index contributed by atoms with van der Waals surface area (Å²) < 4.78 is 27.4. The normalized spacial score (nSPS) is 21.1. The molecule has 0 spiro atoms. The van der Waals surface area contributed by atoms with Gasteiger partial charge in [0.15, 0.2) is 0 Å². The minimum atomic E-state index is -3.49. The monoisotopic (exact) mass is 406 g/mol. The van der Waals surface area contributed by atoms with Gasteiger partial charge in [0.05, 0.1) is 4.90 Å². The zero-order valence-electron chi connectivity index (χ0n) is 15.7. The van der Waals surface area contributed by atoms with Crippen LogP contribution in [0, 0.1) is 11.8 Å². The Morgan fingerprint density at radius 1 is 1.15 bits per heavy atom. The zero-order chi connectivity index (χ0) is 19.4. The van der Waals surface area contributed by atoms with E-state index in [0.717, 1.165) is 6.42 Å². The van der Waals surface area contributed by atoms with E-state index in [1.54, 1.807) is 39.9 Å². The van der Waals surface area contributed by atoms with E-state index in [2.05, 4.69) is 19.2 Å². The number of sulfonamides is 1. The van der Waals surface area contributed by atoms with Crippen molar-refractivity contribution < 1.29 is 13.2 Å². The van der Waals surface area contributed by atoms with Crippen molar-refractivity contribution in [3.8, 4) is 0 Å². The number of rotatable bonds is 6. The number of hydrogen-bond acceptors (Lipinski definition) is 4. The molecule has 27 heavy (non-hydrogen) atoms. The van der Waals surface area contributed by atoms with Crippen molar-refractivity contribution in [3.05, 3.63) is 46.7 Å². The molecular weight excluding hydrogens is 380 g/mol. The number of hydrogen-bond donors (Lipinski definition) is 1. The van der Waals surface area contributed by atoms with E-state index in [-0.39, 0.29) is 10.8 Å². The van der Waals surface area contributed by atoms with Crippen LogP contribution in [-0.2, 0) is 21.2 Å². The largest absolute Gasteiger partial charge is 0.326 e. The van der Waals surface area contributed by atoms with Gasteiger partial charge in [-0.1, -0.05) is 19.9 Å². The van der Waals surface area contributed by atoms with Gasteiger partial charge in [-0.05, 0) is 60.4 Å². The zero-order valence-corrected chi connectivity index (χ0v) is 17.4. The Balaban J connectivity index is 1.61. The van der Waals surface area contributed by atoms with Crippen LogP contribution in [0.3, 0.4) is 0 Å². The molecule has 0 bridgehead atoms. The molecule has 1 aromatic carbocycles. The Labute approximate surface area is 165 Å². The summed E-state index contributed by atoms with van der Waals surface area (Å²) >= 11 is 1.64. The van der Waals surface area contributed by atoms with Gasteiger partial charge in [0.2, 0.25) is 15.9 Å². The van der Waals surface area contributed by atoms with Crippen LogP contribution in [0.2, 0.25) is 0 Å². The van der Waals surface area contributed by atoms with E-state index in [1.807, 2.05) is 17.5 Å². The molecule has 1 amide bonds. The van der Waals surface area contributed by atoms with Gasteiger partial charge in [0.25, 0.3) is 0 Å². The average Bonchev–Trinajstić information content (AvgIpc) is 3.13. The third-order valence-electron chi connectivity index (χ3n) is 4.79. The minimum absolute atomic E-state index is 0.0716. The number of thiophene rings is 1. The molecule has 1 saturated heterocycles. The molecule has 1 aliphatic heterocycles. The number of nitrogens with zero attached hydrogens (tertiary/aromatic N) is 1. The number of benzene rings is 1. The predicted molar refractivity (Wildman–Crippen MR) is 109 cm³/mol. The summed E-state index contributed by atoms with van der Waals surface area (Å²) in [5.74, 6) is 0.661. The van der Waals surface area contributed by atoms with Crippen molar-refractivity contribution >= 4 is 33.0 Å². The second kappa shape index (κ2) is 8.54. The van der Waals surface area contributed by atoms with Gasteiger partial charge in [-0.3, -0.25) is 4.79 Å². The Hall–Kier alpha value is -1.70. The molecule has 2 heterocycles. The highest BCUT2D eigenvalue weighted by atomic mass is 32.2. The van der Waals surface area contributed by atoms with Crippen molar-refractivity contribution in [1.29, 1.82) is 0 Å².